The molecule has 0 fully saturated rings. The Morgan fingerprint density at radius 1 is 1.40 bits per heavy atom. The van der Waals surface area contributed by atoms with Crippen molar-refractivity contribution < 1.29 is 0 Å². The van der Waals surface area contributed by atoms with E-state index in [0.717, 1.165) is 12.8 Å². The Balaban J connectivity index is 2.96. The number of aromatic nitrogens is 1. The van der Waals surface area contributed by atoms with E-state index >= 15 is 0 Å². The number of pyridine rings is 1. The Hall–Kier alpha value is -0.930. The van der Waals surface area contributed by atoms with E-state index < -0.39 is 0 Å². The molecule has 1 aromatic rings. The van der Waals surface area contributed by atoms with E-state index in [2.05, 4.69) is 31.2 Å². The molecule has 1 rings (SSSR count). The van der Waals surface area contributed by atoms with Crippen LogP contribution in [-0.2, 0) is 0 Å². The van der Waals surface area contributed by atoms with Gasteiger partial charge in [-0.1, -0.05) is 26.7 Å². The van der Waals surface area contributed by atoms with Gasteiger partial charge in [0, 0.05) is 12.4 Å². The largest absolute Gasteiger partial charge is 0.271 e. The Morgan fingerprint density at radius 2 is 2.07 bits per heavy atom. The molecular weight excluding hydrogens is 186 g/mol. The van der Waals surface area contributed by atoms with Crippen LogP contribution in [0.3, 0.4) is 0 Å². The zero-order chi connectivity index (χ0) is 11.3. The van der Waals surface area contributed by atoms with Crippen molar-refractivity contribution in [2.45, 2.75) is 39.7 Å². The van der Waals surface area contributed by atoms with E-state index in [1.807, 2.05) is 18.5 Å². The van der Waals surface area contributed by atoms with Crippen molar-refractivity contribution in [3.05, 3.63) is 29.6 Å². The number of nitrogens with zero attached hydrogens (tertiary/aromatic N) is 1. The van der Waals surface area contributed by atoms with Crippen molar-refractivity contribution in [3.63, 3.8) is 0 Å². The Morgan fingerprint density at radius 3 is 2.53 bits per heavy atom. The molecule has 15 heavy (non-hydrogen) atoms. The smallest absolute Gasteiger partial charge is 0.0505 e. The minimum atomic E-state index is 0.216. The first-order chi connectivity index (χ1) is 7.24. The average Bonchev–Trinajstić information content (AvgIpc) is 2.27. The quantitative estimate of drug-likeness (QED) is 0.575. The van der Waals surface area contributed by atoms with E-state index in [9.17, 15) is 0 Å². The predicted octanol–water partition coefficient (Wildman–Crippen LogP) is 2.33. The molecule has 1 heterocycles. The predicted molar refractivity (Wildman–Crippen MR) is 63.1 cm³/mol. The lowest BCUT2D eigenvalue weighted by molar-refractivity contribution is 0.344. The molecule has 0 aliphatic carbocycles. The van der Waals surface area contributed by atoms with E-state index in [1.165, 1.54) is 11.1 Å². The first-order valence-electron chi connectivity index (χ1n) is 5.61. The first-order valence-corrected chi connectivity index (χ1v) is 5.61. The molecule has 0 saturated heterocycles. The Labute approximate surface area is 92.1 Å². The third kappa shape index (κ3) is 2.76. The molecule has 1 unspecified atom stereocenters. The monoisotopic (exact) mass is 207 g/mol. The van der Waals surface area contributed by atoms with Crippen molar-refractivity contribution in [1.82, 2.24) is 10.4 Å². The number of aryl methyl sites for hydroxylation is 1. The fourth-order valence-corrected chi connectivity index (χ4v) is 2.04. The zero-order valence-electron chi connectivity index (χ0n) is 9.83. The second-order valence-corrected chi connectivity index (χ2v) is 3.95. The summed E-state index contributed by atoms with van der Waals surface area (Å²) in [5.74, 6) is 6.22. The molecular formula is C12H21N3. The summed E-state index contributed by atoms with van der Waals surface area (Å²) >= 11 is 0. The normalized spacial score (nSPS) is 13.1. The minimum absolute atomic E-state index is 0.216. The first kappa shape index (κ1) is 12.1. The molecule has 1 aromatic heterocycles. The Bertz CT molecular complexity index is 295. The summed E-state index contributed by atoms with van der Waals surface area (Å²) in [7, 11) is 0. The lowest BCUT2D eigenvalue weighted by atomic mass is 9.88. The highest BCUT2D eigenvalue weighted by Gasteiger charge is 2.20. The van der Waals surface area contributed by atoms with E-state index in [0.29, 0.717) is 5.92 Å². The van der Waals surface area contributed by atoms with E-state index in [4.69, 9.17) is 5.84 Å². The van der Waals surface area contributed by atoms with Gasteiger partial charge in [0.2, 0.25) is 0 Å². The summed E-state index contributed by atoms with van der Waals surface area (Å²) in [5.41, 5.74) is 5.39. The molecule has 0 amide bonds. The SMILES string of the molecule is CCC(CC)C(NN)c1cnccc1C. The van der Waals surface area contributed by atoms with Gasteiger partial charge >= 0.3 is 0 Å². The fraction of sp³-hybridized carbons (Fsp3) is 0.583. The number of hydrogen-bond acceptors (Lipinski definition) is 3. The van der Waals surface area contributed by atoms with Crippen LogP contribution in [-0.4, -0.2) is 4.98 Å². The summed E-state index contributed by atoms with van der Waals surface area (Å²) in [6.45, 7) is 6.50. The van der Waals surface area contributed by atoms with Crippen molar-refractivity contribution in [2.75, 3.05) is 0 Å². The summed E-state index contributed by atoms with van der Waals surface area (Å²) in [4.78, 5) is 4.17. The average molecular weight is 207 g/mol. The third-order valence-electron chi connectivity index (χ3n) is 3.11. The van der Waals surface area contributed by atoms with Crippen LogP contribution in [0, 0.1) is 12.8 Å². The minimum Gasteiger partial charge on any atom is -0.271 e. The van der Waals surface area contributed by atoms with Gasteiger partial charge in [-0.3, -0.25) is 16.3 Å². The van der Waals surface area contributed by atoms with Crippen LogP contribution in [0.1, 0.15) is 43.9 Å². The molecule has 0 saturated carbocycles. The van der Waals surface area contributed by atoms with Crippen LogP contribution >= 0.6 is 0 Å². The number of rotatable bonds is 5. The molecule has 3 nitrogen and oxygen atoms in total. The van der Waals surface area contributed by atoms with Gasteiger partial charge in [-0.05, 0) is 30.0 Å². The van der Waals surface area contributed by atoms with Gasteiger partial charge < -0.3 is 0 Å². The number of hydrogen-bond donors (Lipinski definition) is 2. The standard InChI is InChI=1S/C12H21N3/c1-4-10(5-2)12(15-13)11-8-14-7-6-9(11)3/h6-8,10,12,15H,4-5,13H2,1-3H3. The van der Waals surface area contributed by atoms with E-state index in [1.54, 1.807) is 0 Å². The molecule has 0 radical (unpaired) electrons. The molecule has 84 valence electrons. The van der Waals surface area contributed by atoms with Crippen LogP contribution in [0.5, 0.6) is 0 Å². The van der Waals surface area contributed by atoms with Gasteiger partial charge in [0.1, 0.15) is 0 Å². The highest BCUT2D eigenvalue weighted by atomic mass is 15.2. The Kier molecular flexibility index (Phi) is 4.72. The fourth-order valence-electron chi connectivity index (χ4n) is 2.04. The van der Waals surface area contributed by atoms with Gasteiger partial charge in [0.05, 0.1) is 6.04 Å². The van der Waals surface area contributed by atoms with Gasteiger partial charge in [-0.2, -0.15) is 0 Å². The maximum Gasteiger partial charge on any atom is 0.0505 e. The van der Waals surface area contributed by atoms with Crippen LogP contribution in [0.15, 0.2) is 18.5 Å². The molecule has 1 atom stereocenters. The molecule has 3 heteroatoms. The third-order valence-corrected chi connectivity index (χ3v) is 3.11. The molecule has 0 bridgehead atoms. The van der Waals surface area contributed by atoms with Crippen molar-refractivity contribution in [3.8, 4) is 0 Å². The topological polar surface area (TPSA) is 50.9 Å². The zero-order valence-corrected chi connectivity index (χ0v) is 9.83. The van der Waals surface area contributed by atoms with Crippen LogP contribution < -0.4 is 11.3 Å². The maximum absolute atomic E-state index is 5.65. The molecule has 0 spiro atoms. The summed E-state index contributed by atoms with van der Waals surface area (Å²) in [6.07, 6.45) is 5.98. The number of nitrogens with one attached hydrogen (secondary N) is 1. The van der Waals surface area contributed by atoms with Crippen molar-refractivity contribution in [2.24, 2.45) is 11.8 Å². The second kappa shape index (κ2) is 5.83. The van der Waals surface area contributed by atoms with Gasteiger partial charge in [-0.15, -0.1) is 0 Å². The molecule has 0 aliphatic rings. The van der Waals surface area contributed by atoms with Gasteiger partial charge in [0.25, 0.3) is 0 Å². The molecule has 3 N–H and O–H groups in total. The maximum atomic E-state index is 5.65. The molecule has 0 aromatic carbocycles. The summed E-state index contributed by atoms with van der Waals surface area (Å²) in [5, 5.41) is 0. The highest BCUT2D eigenvalue weighted by Crippen LogP contribution is 2.27. The lowest BCUT2D eigenvalue weighted by Gasteiger charge is -2.25. The van der Waals surface area contributed by atoms with E-state index in [-0.39, 0.29) is 6.04 Å². The van der Waals surface area contributed by atoms with Crippen molar-refractivity contribution in [1.29, 1.82) is 0 Å². The van der Waals surface area contributed by atoms with Gasteiger partial charge in [-0.25, -0.2) is 0 Å². The lowest BCUT2D eigenvalue weighted by Crippen LogP contribution is -2.33. The second-order valence-electron chi connectivity index (χ2n) is 3.95. The highest BCUT2D eigenvalue weighted by molar-refractivity contribution is 5.25. The molecule has 0 aliphatic heterocycles. The van der Waals surface area contributed by atoms with Crippen molar-refractivity contribution >= 4 is 0 Å². The summed E-state index contributed by atoms with van der Waals surface area (Å²) < 4.78 is 0. The number of nitrogens with two attached hydrogens (primary N) is 1. The number of hydrazine groups is 1. The van der Waals surface area contributed by atoms with Gasteiger partial charge in [0.15, 0.2) is 0 Å². The summed E-state index contributed by atoms with van der Waals surface area (Å²) in [6, 6.07) is 2.25. The van der Waals surface area contributed by atoms with Crippen LogP contribution in [0.4, 0.5) is 0 Å². The van der Waals surface area contributed by atoms with Crippen LogP contribution in [0.2, 0.25) is 0 Å². The van der Waals surface area contributed by atoms with Crippen LogP contribution in [0.25, 0.3) is 0 Å².